The molecule has 1 aliphatic rings. The fourth-order valence-electron chi connectivity index (χ4n) is 2.54. The molecule has 1 aromatic carbocycles. The second kappa shape index (κ2) is 7.04. The van der Waals surface area contributed by atoms with Crippen LogP contribution < -0.4 is 5.32 Å². The Kier molecular flexibility index (Phi) is 4.85. The Bertz CT molecular complexity index is 688. The quantitative estimate of drug-likeness (QED) is 0.912. The summed E-state index contributed by atoms with van der Waals surface area (Å²) in [5.41, 5.74) is 1.55. The van der Waals surface area contributed by atoms with Gasteiger partial charge in [0, 0.05) is 36.5 Å². The normalized spacial score (nSPS) is 18.5. The predicted octanol–water partition coefficient (Wildman–Crippen LogP) is 3.40. The number of thioether (sulfide) groups is 1. The van der Waals surface area contributed by atoms with Crippen LogP contribution in [0.4, 0.5) is 10.5 Å². The van der Waals surface area contributed by atoms with Crippen molar-refractivity contribution in [1.82, 2.24) is 15.0 Å². The number of hydrogen-bond acceptors (Lipinski definition) is 5. The van der Waals surface area contributed by atoms with E-state index in [4.69, 9.17) is 4.52 Å². The van der Waals surface area contributed by atoms with Gasteiger partial charge in [0.15, 0.2) is 0 Å². The van der Waals surface area contributed by atoms with Crippen molar-refractivity contribution in [2.75, 3.05) is 23.4 Å². The molecule has 3 rings (SSSR count). The summed E-state index contributed by atoms with van der Waals surface area (Å²) >= 11 is 1.90. The number of amides is 2. The molecule has 6 nitrogen and oxygen atoms in total. The minimum absolute atomic E-state index is 0.0542. The average molecular weight is 332 g/mol. The third-order valence-electron chi connectivity index (χ3n) is 3.85. The second-order valence-electron chi connectivity index (χ2n) is 5.59. The molecule has 0 radical (unpaired) electrons. The Labute approximate surface area is 139 Å². The zero-order chi connectivity index (χ0) is 16.2. The third kappa shape index (κ3) is 3.85. The lowest BCUT2D eigenvalue weighted by atomic mass is 10.2. The van der Waals surface area contributed by atoms with E-state index in [9.17, 15) is 4.79 Å². The lowest BCUT2D eigenvalue weighted by molar-refractivity contribution is 0.197. The molecular formula is C16H20N4O2S. The van der Waals surface area contributed by atoms with Gasteiger partial charge in [-0.25, -0.2) is 4.79 Å². The molecule has 0 aliphatic carbocycles. The summed E-state index contributed by atoms with van der Waals surface area (Å²) in [7, 11) is 0. The van der Waals surface area contributed by atoms with E-state index in [1.54, 1.807) is 6.92 Å². The molecule has 1 aliphatic heterocycles. The van der Waals surface area contributed by atoms with E-state index < -0.39 is 0 Å². The van der Waals surface area contributed by atoms with Gasteiger partial charge in [-0.3, -0.25) is 0 Å². The molecule has 7 heteroatoms. The van der Waals surface area contributed by atoms with E-state index in [1.165, 1.54) is 0 Å². The maximum Gasteiger partial charge on any atom is 0.322 e. The van der Waals surface area contributed by atoms with Gasteiger partial charge in [0.2, 0.25) is 11.7 Å². The minimum atomic E-state index is -0.0542. The summed E-state index contributed by atoms with van der Waals surface area (Å²) in [4.78, 5) is 18.7. The summed E-state index contributed by atoms with van der Waals surface area (Å²) in [6, 6.07) is 7.70. The first kappa shape index (κ1) is 15.9. The molecule has 23 heavy (non-hydrogen) atoms. The van der Waals surface area contributed by atoms with Gasteiger partial charge in [0.25, 0.3) is 0 Å². The van der Waals surface area contributed by atoms with Gasteiger partial charge in [0.1, 0.15) is 0 Å². The van der Waals surface area contributed by atoms with Crippen molar-refractivity contribution in [2.45, 2.75) is 26.3 Å². The molecule has 2 amide bonds. The number of urea groups is 1. The van der Waals surface area contributed by atoms with Crippen molar-refractivity contribution in [3.63, 3.8) is 0 Å². The van der Waals surface area contributed by atoms with Crippen LogP contribution in [0.15, 0.2) is 28.8 Å². The van der Waals surface area contributed by atoms with Crippen LogP contribution in [0.3, 0.4) is 0 Å². The van der Waals surface area contributed by atoms with Gasteiger partial charge in [-0.05, 0) is 31.2 Å². The molecule has 0 saturated carbocycles. The first-order valence-electron chi connectivity index (χ1n) is 7.69. The molecule has 0 bridgehead atoms. The van der Waals surface area contributed by atoms with Crippen LogP contribution >= 0.6 is 11.8 Å². The van der Waals surface area contributed by atoms with E-state index in [-0.39, 0.29) is 12.1 Å². The Morgan fingerprint density at radius 2 is 2.30 bits per heavy atom. The van der Waals surface area contributed by atoms with Crippen LogP contribution in [0.2, 0.25) is 0 Å². The predicted molar refractivity (Wildman–Crippen MR) is 91.6 cm³/mol. The lowest BCUT2D eigenvalue weighted by Gasteiger charge is -2.27. The van der Waals surface area contributed by atoms with Crippen molar-refractivity contribution in [1.29, 1.82) is 0 Å². The van der Waals surface area contributed by atoms with E-state index in [1.807, 2.05) is 40.9 Å². The molecule has 1 unspecified atom stereocenters. The minimum Gasteiger partial charge on any atom is -0.339 e. The molecular weight excluding hydrogens is 312 g/mol. The Morgan fingerprint density at radius 1 is 1.43 bits per heavy atom. The zero-order valence-corrected chi connectivity index (χ0v) is 14.1. The molecule has 0 spiro atoms. The number of carbonyl (C=O) groups is 1. The monoisotopic (exact) mass is 332 g/mol. The Morgan fingerprint density at radius 3 is 3.09 bits per heavy atom. The summed E-state index contributed by atoms with van der Waals surface area (Å²) < 4.78 is 5.00. The fourth-order valence-corrected chi connectivity index (χ4v) is 3.58. The average Bonchev–Trinajstić information content (AvgIpc) is 2.85. The van der Waals surface area contributed by atoms with Gasteiger partial charge in [-0.15, -0.1) is 0 Å². The Balaban J connectivity index is 1.73. The van der Waals surface area contributed by atoms with Crippen LogP contribution in [-0.2, 0) is 0 Å². The number of anilines is 1. The van der Waals surface area contributed by atoms with Crippen LogP contribution in [0.1, 0.15) is 19.2 Å². The van der Waals surface area contributed by atoms with E-state index in [2.05, 4.69) is 22.4 Å². The van der Waals surface area contributed by atoms with Gasteiger partial charge >= 0.3 is 6.03 Å². The van der Waals surface area contributed by atoms with E-state index in [0.717, 1.165) is 35.7 Å². The largest absolute Gasteiger partial charge is 0.339 e. The van der Waals surface area contributed by atoms with E-state index >= 15 is 0 Å². The zero-order valence-electron chi connectivity index (χ0n) is 13.3. The number of carbonyl (C=O) groups excluding carboxylic acids is 1. The van der Waals surface area contributed by atoms with Gasteiger partial charge in [-0.1, -0.05) is 17.3 Å². The first-order chi connectivity index (χ1) is 11.1. The number of nitrogens with one attached hydrogen (secondary N) is 1. The van der Waals surface area contributed by atoms with Crippen molar-refractivity contribution in [3.8, 4) is 11.4 Å². The Hall–Kier alpha value is -2.02. The number of aryl methyl sites for hydroxylation is 1. The highest BCUT2D eigenvalue weighted by atomic mass is 32.2. The van der Waals surface area contributed by atoms with Crippen LogP contribution in [0.5, 0.6) is 0 Å². The molecule has 122 valence electrons. The van der Waals surface area contributed by atoms with E-state index in [0.29, 0.717) is 11.7 Å². The molecule has 1 atom stereocenters. The van der Waals surface area contributed by atoms with Gasteiger partial charge in [-0.2, -0.15) is 16.7 Å². The maximum absolute atomic E-state index is 12.5. The summed E-state index contributed by atoms with van der Waals surface area (Å²) in [5.74, 6) is 3.14. The molecule has 1 fully saturated rings. The molecule has 2 heterocycles. The van der Waals surface area contributed by atoms with Crippen LogP contribution in [0, 0.1) is 6.92 Å². The summed E-state index contributed by atoms with van der Waals surface area (Å²) in [6.45, 7) is 4.63. The fraction of sp³-hybridized carbons (Fsp3) is 0.438. The first-order valence-corrected chi connectivity index (χ1v) is 8.85. The molecule has 1 N–H and O–H groups in total. The van der Waals surface area contributed by atoms with Crippen molar-refractivity contribution >= 4 is 23.5 Å². The third-order valence-corrected chi connectivity index (χ3v) is 4.84. The van der Waals surface area contributed by atoms with Crippen LogP contribution in [0.25, 0.3) is 11.4 Å². The number of nitrogens with zero attached hydrogens (tertiary/aromatic N) is 3. The highest BCUT2D eigenvalue weighted by molar-refractivity contribution is 7.99. The van der Waals surface area contributed by atoms with Crippen molar-refractivity contribution in [2.24, 2.45) is 0 Å². The molecule has 1 aromatic heterocycles. The number of aromatic nitrogens is 2. The summed E-state index contributed by atoms with van der Waals surface area (Å²) in [5, 5.41) is 6.89. The number of rotatable bonds is 2. The van der Waals surface area contributed by atoms with Crippen molar-refractivity contribution in [3.05, 3.63) is 30.2 Å². The number of benzene rings is 1. The smallest absolute Gasteiger partial charge is 0.322 e. The molecule has 2 aromatic rings. The van der Waals surface area contributed by atoms with Gasteiger partial charge < -0.3 is 14.7 Å². The summed E-state index contributed by atoms with van der Waals surface area (Å²) in [6.07, 6.45) is 1.03. The van der Waals surface area contributed by atoms with Crippen LogP contribution in [-0.4, -0.2) is 45.2 Å². The standard InChI is InChI=1S/C16H20N4O2S/c1-11-6-8-23-9-7-20(11)16(21)18-14-5-3-4-13(10-14)15-17-12(2)22-19-15/h3-5,10-11H,6-9H2,1-2H3,(H,18,21). The van der Waals surface area contributed by atoms with Crippen molar-refractivity contribution < 1.29 is 9.32 Å². The SMILES string of the molecule is Cc1nc(-c2cccc(NC(=O)N3CCSCCC3C)c2)no1. The molecule has 1 saturated heterocycles. The highest BCUT2D eigenvalue weighted by Gasteiger charge is 2.22. The van der Waals surface area contributed by atoms with Gasteiger partial charge in [0.05, 0.1) is 0 Å². The lowest BCUT2D eigenvalue weighted by Crippen LogP contribution is -2.41. The highest BCUT2D eigenvalue weighted by Crippen LogP contribution is 2.21. The number of hydrogen-bond donors (Lipinski definition) is 1. The maximum atomic E-state index is 12.5. The second-order valence-corrected chi connectivity index (χ2v) is 6.82. The topological polar surface area (TPSA) is 71.3 Å².